The lowest BCUT2D eigenvalue weighted by molar-refractivity contribution is -0.192. The van der Waals surface area contributed by atoms with Gasteiger partial charge in [0, 0.05) is 19.4 Å². The van der Waals surface area contributed by atoms with Gasteiger partial charge in [-0.1, -0.05) is 18.6 Å². The topological polar surface area (TPSA) is 48.0 Å². The van der Waals surface area contributed by atoms with Gasteiger partial charge in [-0.15, -0.1) is 13.2 Å². The zero-order chi connectivity index (χ0) is 18.5. The van der Waals surface area contributed by atoms with E-state index >= 15 is 0 Å². The van der Waals surface area contributed by atoms with E-state index < -0.39 is 11.4 Å². The minimum atomic E-state index is -0.549. The van der Waals surface area contributed by atoms with Gasteiger partial charge in [0.25, 0.3) is 0 Å². The maximum absolute atomic E-state index is 12.7. The average Bonchev–Trinajstić information content (AvgIpc) is 2.93. The molecule has 0 N–H and O–H groups in total. The molecule has 1 aliphatic carbocycles. The second-order valence-electron chi connectivity index (χ2n) is 7.95. The zero-order valence-corrected chi connectivity index (χ0v) is 16.0. The first-order chi connectivity index (χ1) is 11.8. The standard InChI is InChI=1S/C20H33NO4/c1-6-11-16(21(14-7-2)18(22)25-19(3,4)5)17-15-23-20(24-17)12-9-8-10-13-20/h6-7,16-17H,1-2,8-15H2,3-5H3/t16?,17-/m1/s1. The van der Waals surface area contributed by atoms with Gasteiger partial charge in [-0.25, -0.2) is 4.79 Å². The number of amides is 1. The maximum atomic E-state index is 12.7. The molecule has 1 spiro atoms. The van der Waals surface area contributed by atoms with Crippen LogP contribution in [0, 0.1) is 0 Å². The van der Waals surface area contributed by atoms with E-state index in [4.69, 9.17) is 14.2 Å². The van der Waals surface area contributed by atoms with Gasteiger partial charge >= 0.3 is 6.09 Å². The van der Waals surface area contributed by atoms with Crippen molar-refractivity contribution in [2.24, 2.45) is 0 Å². The Kier molecular flexibility index (Phi) is 6.69. The first kappa shape index (κ1) is 20.0. The largest absolute Gasteiger partial charge is 0.444 e. The van der Waals surface area contributed by atoms with Crippen LogP contribution >= 0.6 is 0 Å². The molecular formula is C20H33NO4. The van der Waals surface area contributed by atoms with Crippen molar-refractivity contribution in [3.8, 4) is 0 Å². The highest BCUT2D eigenvalue weighted by Crippen LogP contribution is 2.39. The molecule has 5 nitrogen and oxygen atoms in total. The van der Waals surface area contributed by atoms with Crippen LogP contribution in [0.2, 0.25) is 0 Å². The van der Waals surface area contributed by atoms with E-state index in [1.807, 2.05) is 26.8 Å². The predicted molar refractivity (Wildman–Crippen MR) is 98.4 cm³/mol. The van der Waals surface area contributed by atoms with Gasteiger partial charge in [-0.05, 0) is 40.0 Å². The van der Waals surface area contributed by atoms with Crippen LogP contribution in [0.5, 0.6) is 0 Å². The summed E-state index contributed by atoms with van der Waals surface area (Å²) in [5.74, 6) is -0.462. The van der Waals surface area contributed by atoms with Crippen LogP contribution in [-0.4, -0.2) is 47.7 Å². The van der Waals surface area contributed by atoms with Crippen molar-refractivity contribution in [2.45, 2.75) is 82.8 Å². The Balaban J connectivity index is 2.14. The van der Waals surface area contributed by atoms with Crippen LogP contribution in [0.25, 0.3) is 0 Å². The van der Waals surface area contributed by atoms with Crippen LogP contribution in [0.4, 0.5) is 4.79 Å². The monoisotopic (exact) mass is 351 g/mol. The fourth-order valence-corrected chi connectivity index (χ4v) is 3.58. The molecule has 1 unspecified atom stereocenters. The predicted octanol–water partition coefficient (Wildman–Crippen LogP) is 4.43. The van der Waals surface area contributed by atoms with E-state index in [0.717, 1.165) is 25.7 Å². The van der Waals surface area contributed by atoms with Crippen LogP contribution in [0.3, 0.4) is 0 Å². The highest BCUT2D eigenvalue weighted by atomic mass is 16.7. The van der Waals surface area contributed by atoms with Crippen LogP contribution in [0.1, 0.15) is 59.3 Å². The number of hydrogen-bond donors (Lipinski definition) is 0. The molecule has 25 heavy (non-hydrogen) atoms. The van der Waals surface area contributed by atoms with Gasteiger partial charge in [0.15, 0.2) is 5.79 Å². The van der Waals surface area contributed by atoms with Crippen LogP contribution in [0.15, 0.2) is 25.3 Å². The van der Waals surface area contributed by atoms with E-state index in [0.29, 0.717) is 19.6 Å². The molecule has 2 fully saturated rings. The molecule has 1 aliphatic heterocycles. The van der Waals surface area contributed by atoms with Crippen LogP contribution < -0.4 is 0 Å². The molecular weight excluding hydrogens is 318 g/mol. The van der Waals surface area contributed by atoms with E-state index in [9.17, 15) is 4.79 Å². The minimum Gasteiger partial charge on any atom is -0.444 e. The number of hydrogen-bond acceptors (Lipinski definition) is 4. The summed E-state index contributed by atoms with van der Waals surface area (Å²) >= 11 is 0. The molecule has 1 heterocycles. The van der Waals surface area contributed by atoms with Crippen LogP contribution in [-0.2, 0) is 14.2 Å². The summed E-state index contributed by atoms with van der Waals surface area (Å²) in [5.41, 5.74) is -0.549. The second kappa shape index (κ2) is 8.37. The lowest BCUT2D eigenvalue weighted by Crippen LogP contribution is -2.50. The highest BCUT2D eigenvalue weighted by molar-refractivity contribution is 5.69. The summed E-state index contributed by atoms with van der Waals surface area (Å²) in [5, 5.41) is 0. The summed E-state index contributed by atoms with van der Waals surface area (Å²) in [6.07, 6.45) is 8.97. The number of carbonyl (C=O) groups excluding carboxylic acids is 1. The molecule has 2 aliphatic rings. The highest BCUT2D eigenvalue weighted by Gasteiger charge is 2.46. The number of rotatable bonds is 6. The third-order valence-electron chi connectivity index (χ3n) is 4.68. The molecule has 0 bridgehead atoms. The van der Waals surface area contributed by atoms with E-state index in [1.165, 1.54) is 6.42 Å². The smallest absolute Gasteiger partial charge is 0.410 e. The van der Waals surface area contributed by atoms with Crippen molar-refractivity contribution in [3.05, 3.63) is 25.3 Å². The average molecular weight is 351 g/mol. The number of ether oxygens (including phenoxy) is 3. The minimum absolute atomic E-state index is 0.174. The van der Waals surface area contributed by atoms with Crippen molar-refractivity contribution in [1.29, 1.82) is 0 Å². The normalized spacial score (nSPS) is 23.9. The molecule has 0 aromatic rings. The van der Waals surface area contributed by atoms with Crippen molar-refractivity contribution < 1.29 is 19.0 Å². The Bertz CT molecular complexity index is 477. The van der Waals surface area contributed by atoms with Crippen molar-refractivity contribution >= 4 is 6.09 Å². The summed E-state index contributed by atoms with van der Waals surface area (Å²) in [6.45, 7) is 14.1. The number of carbonyl (C=O) groups is 1. The van der Waals surface area contributed by atoms with Gasteiger partial charge in [0.05, 0.1) is 12.6 Å². The lowest BCUT2D eigenvalue weighted by Gasteiger charge is -2.36. The Morgan fingerprint density at radius 3 is 2.52 bits per heavy atom. The second-order valence-corrected chi connectivity index (χ2v) is 7.95. The van der Waals surface area contributed by atoms with Gasteiger partial charge in [0.2, 0.25) is 0 Å². The molecule has 0 aromatic carbocycles. The first-order valence-electron chi connectivity index (χ1n) is 9.33. The maximum Gasteiger partial charge on any atom is 0.410 e. The van der Waals surface area contributed by atoms with E-state index in [2.05, 4.69) is 13.2 Å². The Morgan fingerprint density at radius 1 is 1.28 bits per heavy atom. The molecule has 5 heteroatoms. The third kappa shape index (κ3) is 5.32. The zero-order valence-electron chi connectivity index (χ0n) is 16.0. The van der Waals surface area contributed by atoms with Gasteiger partial charge < -0.3 is 14.2 Å². The Morgan fingerprint density at radius 2 is 1.96 bits per heavy atom. The fraction of sp³-hybridized carbons (Fsp3) is 0.750. The van der Waals surface area contributed by atoms with E-state index in [1.54, 1.807) is 11.0 Å². The van der Waals surface area contributed by atoms with Crippen molar-refractivity contribution in [1.82, 2.24) is 4.90 Å². The first-order valence-corrected chi connectivity index (χ1v) is 9.33. The summed E-state index contributed by atoms with van der Waals surface area (Å²) in [4.78, 5) is 14.4. The van der Waals surface area contributed by atoms with Gasteiger partial charge in [0.1, 0.15) is 11.7 Å². The van der Waals surface area contributed by atoms with E-state index in [-0.39, 0.29) is 18.2 Å². The van der Waals surface area contributed by atoms with Crippen molar-refractivity contribution in [3.63, 3.8) is 0 Å². The Hall–Kier alpha value is -1.33. The summed E-state index contributed by atoms with van der Waals surface area (Å²) in [7, 11) is 0. The summed E-state index contributed by atoms with van der Waals surface area (Å²) < 4.78 is 18.0. The molecule has 2 rings (SSSR count). The molecule has 0 aromatic heterocycles. The molecule has 1 amide bonds. The fourth-order valence-electron chi connectivity index (χ4n) is 3.58. The van der Waals surface area contributed by atoms with Gasteiger partial charge in [-0.3, -0.25) is 4.90 Å². The third-order valence-corrected chi connectivity index (χ3v) is 4.68. The lowest BCUT2D eigenvalue weighted by atomic mass is 9.94. The molecule has 1 saturated carbocycles. The number of nitrogens with zero attached hydrogens (tertiary/aromatic N) is 1. The molecule has 142 valence electrons. The van der Waals surface area contributed by atoms with Crippen molar-refractivity contribution in [2.75, 3.05) is 13.2 Å². The Labute approximate surface area is 152 Å². The molecule has 0 radical (unpaired) electrons. The SMILES string of the molecule is C=CCC([C@H]1COC2(CCCCC2)O1)N(CC=C)C(=O)OC(C)(C)C. The summed E-state index contributed by atoms with van der Waals surface area (Å²) in [6, 6.07) is -0.174. The van der Waals surface area contributed by atoms with Gasteiger partial charge in [-0.2, -0.15) is 0 Å². The molecule has 2 atom stereocenters. The molecule has 1 saturated heterocycles. The quantitative estimate of drug-likeness (QED) is 0.664.